The van der Waals surface area contributed by atoms with Gasteiger partial charge in [-0.3, -0.25) is 5.10 Å². The zero-order valence-electron chi connectivity index (χ0n) is 13.8. The van der Waals surface area contributed by atoms with Gasteiger partial charge in [0.1, 0.15) is 5.75 Å². The summed E-state index contributed by atoms with van der Waals surface area (Å²) in [6.45, 7) is 4.06. The van der Waals surface area contributed by atoms with Gasteiger partial charge in [0, 0.05) is 30.8 Å². The van der Waals surface area contributed by atoms with Crippen LogP contribution < -0.4 is 14.8 Å². The number of rotatable bonds is 5. The number of alkyl halides is 3. The Kier molecular flexibility index (Phi) is 5.17. The van der Waals surface area contributed by atoms with Gasteiger partial charge >= 0.3 is 6.36 Å². The molecular formula is C17H20F3N3O2. The lowest BCUT2D eigenvalue weighted by Gasteiger charge is -2.29. The summed E-state index contributed by atoms with van der Waals surface area (Å²) in [5.74, 6) is 0.823. The molecule has 2 unspecified atom stereocenters. The van der Waals surface area contributed by atoms with Crippen LogP contribution in [-0.4, -0.2) is 36.3 Å². The average Bonchev–Trinajstić information content (AvgIpc) is 3.03. The summed E-state index contributed by atoms with van der Waals surface area (Å²) in [5, 5.41) is 10.5. The Balaban J connectivity index is 1.66. The van der Waals surface area contributed by atoms with Crippen molar-refractivity contribution in [2.24, 2.45) is 0 Å². The quantitative estimate of drug-likeness (QED) is 0.861. The Hall–Kier alpha value is -2.22. The van der Waals surface area contributed by atoms with E-state index in [4.69, 9.17) is 4.74 Å². The first-order chi connectivity index (χ1) is 11.9. The van der Waals surface area contributed by atoms with E-state index in [1.165, 1.54) is 12.1 Å². The van der Waals surface area contributed by atoms with Gasteiger partial charge in [-0.1, -0.05) is 12.1 Å². The number of nitrogens with zero attached hydrogens (tertiary/aromatic N) is 1. The van der Waals surface area contributed by atoms with Gasteiger partial charge in [0.15, 0.2) is 0 Å². The van der Waals surface area contributed by atoms with Crippen molar-refractivity contribution in [3.8, 4) is 11.6 Å². The number of halogens is 3. The molecular weight excluding hydrogens is 335 g/mol. The van der Waals surface area contributed by atoms with E-state index >= 15 is 0 Å². The molecule has 2 heterocycles. The lowest BCUT2D eigenvalue weighted by atomic mass is 9.84. The van der Waals surface area contributed by atoms with Crippen LogP contribution in [0.5, 0.6) is 11.6 Å². The van der Waals surface area contributed by atoms with Gasteiger partial charge < -0.3 is 14.8 Å². The van der Waals surface area contributed by atoms with Crippen LogP contribution in [0.4, 0.5) is 13.2 Å². The molecule has 2 aromatic rings. The molecule has 1 aromatic carbocycles. The van der Waals surface area contributed by atoms with Gasteiger partial charge in [-0.2, -0.15) is 0 Å². The van der Waals surface area contributed by atoms with Crippen molar-refractivity contribution >= 4 is 0 Å². The van der Waals surface area contributed by atoms with Crippen LogP contribution in [0.3, 0.4) is 0 Å². The second-order valence-electron chi connectivity index (χ2n) is 6.00. The molecule has 0 bridgehead atoms. The number of ether oxygens (including phenoxy) is 2. The molecule has 1 fully saturated rings. The second kappa shape index (κ2) is 7.35. The molecule has 5 nitrogen and oxygen atoms in total. The molecule has 1 aliphatic rings. The Bertz CT molecular complexity index is 685. The van der Waals surface area contributed by atoms with Gasteiger partial charge in [-0.05, 0) is 37.0 Å². The van der Waals surface area contributed by atoms with Gasteiger partial charge in [-0.25, -0.2) is 0 Å². The predicted octanol–water partition coefficient (Wildman–Crippen LogP) is 3.57. The Morgan fingerprint density at radius 2 is 1.88 bits per heavy atom. The van der Waals surface area contributed by atoms with Gasteiger partial charge in [0.05, 0.1) is 6.61 Å². The first-order valence-corrected chi connectivity index (χ1v) is 8.19. The lowest BCUT2D eigenvalue weighted by molar-refractivity contribution is -0.274. The van der Waals surface area contributed by atoms with Crippen LogP contribution in [0.1, 0.15) is 36.4 Å². The first-order valence-electron chi connectivity index (χ1n) is 8.19. The normalized spacial score (nSPS) is 21.1. The van der Waals surface area contributed by atoms with E-state index in [1.54, 1.807) is 12.1 Å². The van der Waals surface area contributed by atoms with Crippen LogP contribution >= 0.6 is 0 Å². The van der Waals surface area contributed by atoms with Gasteiger partial charge in [0.25, 0.3) is 0 Å². The Morgan fingerprint density at radius 3 is 2.56 bits per heavy atom. The van der Waals surface area contributed by atoms with Crippen LogP contribution in [-0.2, 0) is 0 Å². The topological polar surface area (TPSA) is 59.2 Å². The maximum Gasteiger partial charge on any atom is 0.573 e. The fourth-order valence-electron chi connectivity index (χ4n) is 3.12. The van der Waals surface area contributed by atoms with Crippen molar-refractivity contribution in [3.63, 3.8) is 0 Å². The number of nitrogens with one attached hydrogen (secondary N) is 2. The molecule has 2 N–H and O–H groups in total. The summed E-state index contributed by atoms with van der Waals surface area (Å²) in [5.41, 5.74) is 1.98. The minimum absolute atomic E-state index is 0.202. The number of aromatic nitrogens is 2. The molecule has 8 heteroatoms. The maximum absolute atomic E-state index is 12.2. The predicted molar refractivity (Wildman–Crippen MR) is 85.9 cm³/mol. The van der Waals surface area contributed by atoms with Crippen LogP contribution in [0.2, 0.25) is 0 Å². The largest absolute Gasteiger partial charge is 0.573 e. The highest BCUT2D eigenvalue weighted by atomic mass is 19.4. The molecule has 1 aromatic heterocycles. The summed E-state index contributed by atoms with van der Waals surface area (Å²) < 4.78 is 46.0. The molecule has 0 amide bonds. The fraction of sp³-hybridized carbons (Fsp3) is 0.471. The monoisotopic (exact) mass is 355 g/mol. The molecule has 1 saturated heterocycles. The number of hydrogen-bond donors (Lipinski definition) is 2. The number of benzene rings is 1. The molecule has 0 aliphatic carbocycles. The van der Waals surface area contributed by atoms with E-state index < -0.39 is 6.36 Å². The van der Waals surface area contributed by atoms with Crippen molar-refractivity contribution < 1.29 is 22.6 Å². The van der Waals surface area contributed by atoms with E-state index in [9.17, 15) is 13.2 Å². The lowest BCUT2D eigenvalue weighted by Crippen LogP contribution is -2.34. The van der Waals surface area contributed by atoms with Crippen LogP contribution in [0, 0.1) is 0 Å². The molecule has 3 rings (SSSR count). The number of piperidine rings is 1. The van der Waals surface area contributed by atoms with Crippen molar-refractivity contribution in [3.05, 3.63) is 41.6 Å². The Labute approximate surface area is 143 Å². The van der Waals surface area contributed by atoms with Crippen LogP contribution in [0.25, 0.3) is 0 Å². The minimum atomic E-state index is -4.67. The summed E-state index contributed by atoms with van der Waals surface area (Å²) in [7, 11) is 0. The van der Waals surface area contributed by atoms with Crippen LogP contribution in [0.15, 0.2) is 30.3 Å². The van der Waals surface area contributed by atoms with E-state index in [2.05, 4.69) is 20.3 Å². The number of hydrogen-bond acceptors (Lipinski definition) is 4. The maximum atomic E-state index is 12.2. The summed E-state index contributed by atoms with van der Waals surface area (Å²) >= 11 is 0. The highest BCUT2D eigenvalue weighted by Gasteiger charge is 2.31. The molecule has 2 atom stereocenters. The molecule has 0 saturated carbocycles. The number of H-pyrrole nitrogens is 1. The summed E-state index contributed by atoms with van der Waals surface area (Å²) in [6.07, 6.45) is -3.79. The number of aromatic amines is 1. The van der Waals surface area contributed by atoms with E-state index in [-0.39, 0.29) is 17.6 Å². The Morgan fingerprint density at radius 1 is 1.16 bits per heavy atom. The summed E-state index contributed by atoms with van der Waals surface area (Å²) in [4.78, 5) is 0. The third-order valence-corrected chi connectivity index (χ3v) is 4.24. The SMILES string of the molecule is CCOc1cc(C2CNCC(c3ccc(OC(F)(F)F)cc3)C2)[nH]n1. The fourth-order valence-corrected chi connectivity index (χ4v) is 3.12. The van der Waals surface area contributed by atoms with Crippen molar-refractivity contribution in [1.29, 1.82) is 0 Å². The van der Waals surface area contributed by atoms with Crippen molar-refractivity contribution in [2.75, 3.05) is 19.7 Å². The zero-order valence-corrected chi connectivity index (χ0v) is 13.8. The van der Waals surface area contributed by atoms with E-state index in [0.29, 0.717) is 12.5 Å². The zero-order chi connectivity index (χ0) is 17.9. The third-order valence-electron chi connectivity index (χ3n) is 4.24. The van der Waals surface area contributed by atoms with Gasteiger partial charge in [0.2, 0.25) is 5.88 Å². The highest BCUT2D eigenvalue weighted by Crippen LogP contribution is 2.33. The third kappa shape index (κ3) is 4.66. The molecule has 0 spiro atoms. The van der Waals surface area contributed by atoms with E-state index in [1.807, 2.05) is 13.0 Å². The first kappa shape index (κ1) is 17.6. The molecule has 25 heavy (non-hydrogen) atoms. The second-order valence-corrected chi connectivity index (χ2v) is 6.00. The smallest absolute Gasteiger partial charge is 0.477 e. The van der Waals surface area contributed by atoms with Crippen molar-refractivity contribution in [2.45, 2.75) is 31.5 Å². The summed E-state index contributed by atoms with van der Waals surface area (Å²) in [6, 6.07) is 7.99. The molecule has 1 aliphatic heterocycles. The standard InChI is InChI=1S/C17H20F3N3O2/c1-2-24-16-8-15(22-23-16)13-7-12(9-21-10-13)11-3-5-14(6-4-11)25-17(18,19)20/h3-6,8,12-13,21H,2,7,9-10H2,1H3,(H,22,23). The average molecular weight is 355 g/mol. The molecule has 0 radical (unpaired) electrons. The van der Waals surface area contributed by atoms with E-state index in [0.717, 1.165) is 30.8 Å². The molecule has 136 valence electrons. The van der Waals surface area contributed by atoms with Gasteiger partial charge in [-0.15, -0.1) is 18.3 Å². The minimum Gasteiger partial charge on any atom is -0.477 e. The van der Waals surface area contributed by atoms with Crippen molar-refractivity contribution in [1.82, 2.24) is 15.5 Å². The highest BCUT2D eigenvalue weighted by molar-refractivity contribution is 5.31.